The van der Waals surface area contributed by atoms with Gasteiger partial charge in [0.2, 0.25) is 6.29 Å². The largest absolute Gasteiger partial charge is 0.478 e. The van der Waals surface area contributed by atoms with Crippen LogP contribution in [0.2, 0.25) is 0 Å². The summed E-state index contributed by atoms with van der Waals surface area (Å²) in [5.74, 6) is -1.80. The molecular formula is C12H18O6. The van der Waals surface area contributed by atoms with Gasteiger partial charge in [0.05, 0.1) is 0 Å². The summed E-state index contributed by atoms with van der Waals surface area (Å²) in [4.78, 5) is 21.9. The molecule has 6 nitrogen and oxygen atoms in total. The highest BCUT2D eigenvalue weighted by atomic mass is 16.6. The Labute approximate surface area is 105 Å². The van der Waals surface area contributed by atoms with Gasteiger partial charge in [-0.1, -0.05) is 12.2 Å². The molecule has 0 spiro atoms. The topological polar surface area (TPSA) is 104 Å². The Balaban J connectivity index is 4.38. The zero-order chi connectivity index (χ0) is 14.1. The van der Waals surface area contributed by atoms with Crippen LogP contribution in [0.1, 0.15) is 26.7 Å². The van der Waals surface area contributed by atoms with Gasteiger partial charge in [-0.25, -0.2) is 9.59 Å². The van der Waals surface area contributed by atoms with E-state index in [1.807, 2.05) is 0 Å². The summed E-state index contributed by atoms with van der Waals surface area (Å²) >= 11 is 0. The molecule has 0 heterocycles. The standard InChI is InChI=1S/C12H18O6/c1-8(11(15)16)5-6-9(2)12(17)18-10(14)4-3-7-13/h5-6,10,13-14H,3-4,7H2,1-2H3,(H,15,16). The Kier molecular flexibility index (Phi) is 7.66. The lowest BCUT2D eigenvalue weighted by Crippen LogP contribution is -2.18. The zero-order valence-electron chi connectivity index (χ0n) is 10.4. The second-order valence-corrected chi connectivity index (χ2v) is 3.73. The van der Waals surface area contributed by atoms with Gasteiger partial charge in [-0.05, 0) is 20.3 Å². The summed E-state index contributed by atoms with van der Waals surface area (Å²) in [6.45, 7) is 2.75. The highest BCUT2D eigenvalue weighted by Crippen LogP contribution is 2.05. The number of carboxylic acid groups (broad SMARTS) is 1. The van der Waals surface area contributed by atoms with Crippen LogP contribution in [0.15, 0.2) is 23.3 Å². The number of carboxylic acids is 1. The number of allylic oxidation sites excluding steroid dienone is 2. The Hall–Kier alpha value is -1.66. The average Bonchev–Trinajstić information content (AvgIpc) is 2.32. The van der Waals surface area contributed by atoms with Gasteiger partial charge < -0.3 is 20.1 Å². The monoisotopic (exact) mass is 258 g/mol. The molecular weight excluding hydrogens is 240 g/mol. The zero-order valence-corrected chi connectivity index (χ0v) is 10.4. The first-order valence-electron chi connectivity index (χ1n) is 5.47. The van der Waals surface area contributed by atoms with Crippen LogP contribution in [-0.4, -0.2) is 40.2 Å². The summed E-state index contributed by atoms with van der Waals surface area (Å²) < 4.78 is 4.67. The van der Waals surface area contributed by atoms with Crippen LogP contribution in [0.25, 0.3) is 0 Å². The number of aliphatic carboxylic acids is 1. The van der Waals surface area contributed by atoms with E-state index in [0.717, 1.165) is 0 Å². The summed E-state index contributed by atoms with van der Waals surface area (Å²) in [5.41, 5.74) is 0.265. The molecule has 0 aliphatic rings. The molecule has 0 radical (unpaired) electrons. The molecule has 0 aliphatic carbocycles. The van der Waals surface area contributed by atoms with Crippen molar-refractivity contribution in [2.24, 2.45) is 0 Å². The molecule has 0 amide bonds. The van der Waals surface area contributed by atoms with Gasteiger partial charge in [-0.15, -0.1) is 0 Å². The third-order valence-electron chi connectivity index (χ3n) is 2.09. The number of rotatable bonds is 7. The summed E-state index contributed by atoms with van der Waals surface area (Å²) in [7, 11) is 0. The molecule has 0 aromatic heterocycles. The van der Waals surface area contributed by atoms with Gasteiger partial charge in [0.25, 0.3) is 0 Å². The summed E-state index contributed by atoms with van der Waals surface area (Å²) in [6, 6.07) is 0. The van der Waals surface area contributed by atoms with E-state index < -0.39 is 18.2 Å². The van der Waals surface area contributed by atoms with Gasteiger partial charge in [-0.2, -0.15) is 0 Å². The Morgan fingerprint density at radius 2 is 1.78 bits per heavy atom. The molecule has 0 aromatic rings. The normalized spacial score (nSPS) is 14.2. The average molecular weight is 258 g/mol. The van der Waals surface area contributed by atoms with E-state index in [0.29, 0.717) is 6.42 Å². The van der Waals surface area contributed by atoms with Crippen molar-refractivity contribution in [2.45, 2.75) is 33.0 Å². The van der Waals surface area contributed by atoms with Crippen molar-refractivity contribution in [3.8, 4) is 0 Å². The molecule has 6 heteroatoms. The minimum atomic E-state index is -1.27. The van der Waals surface area contributed by atoms with Crippen LogP contribution < -0.4 is 0 Å². The first-order chi connectivity index (χ1) is 8.38. The van der Waals surface area contributed by atoms with E-state index in [1.54, 1.807) is 0 Å². The quantitative estimate of drug-likeness (QED) is 0.267. The van der Waals surface area contributed by atoms with E-state index in [2.05, 4.69) is 4.74 Å². The SMILES string of the molecule is CC(=CC=C(C)C(=O)OC(O)CCCO)C(=O)O. The van der Waals surface area contributed by atoms with Gasteiger partial charge >= 0.3 is 11.9 Å². The van der Waals surface area contributed by atoms with Gasteiger partial charge in [0.1, 0.15) is 0 Å². The summed E-state index contributed by atoms with van der Waals surface area (Å²) in [6.07, 6.45) is 1.80. The van der Waals surface area contributed by atoms with Crippen LogP contribution >= 0.6 is 0 Å². The van der Waals surface area contributed by atoms with Crippen molar-refractivity contribution in [3.05, 3.63) is 23.3 Å². The molecule has 102 valence electrons. The van der Waals surface area contributed by atoms with Crippen molar-refractivity contribution < 1.29 is 29.6 Å². The van der Waals surface area contributed by atoms with E-state index in [1.165, 1.54) is 26.0 Å². The van der Waals surface area contributed by atoms with Crippen molar-refractivity contribution in [3.63, 3.8) is 0 Å². The van der Waals surface area contributed by atoms with Crippen LogP contribution in [0.3, 0.4) is 0 Å². The number of aliphatic hydroxyl groups is 2. The third-order valence-corrected chi connectivity index (χ3v) is 2.09. The molecule has 0 rings (SSSR count). The molecule has 0 aromatic carbocycles. The van der Waals surface area contributed by atoms with Crippen LogP contribution in [0.4, 0.5) is 0 Å². The molecule has 18 heavy (non-hydrogen) atoms. The second kappa shape index (κ2) is 8.43. The van der Waals surface area contributed by atoms with Gasteiger partial charge in [-0.3, -0.25) is 0 Å². The first-order valence-corrected chi connectivity index (χ1v) is 5.47. The van der Waals surface area contributed by atoms with E-state index in [-0.39, 0.29) is 24.2 Å². The Morgan fingerprint density at radius 1 is 1.22 bits per heavy atom. The fourth-order valence-corrected chi connectivity index (χ4v) is 0.931. The van der Waals surface area contributed by atoms with Crippen LogP contribution in [-0.2, 0) is 14.3 Å². The number of hydrogen-bond acceptors (Lipinski definition) is 5. The van der Waals surface area contributed by atoms with Gasteiger partial charge in [0, 0.05) is 24.2 Å². The Bertz CT molecular complexity index is 356. The molecule has 0 aliphatic heterocycles. The summed E-state index contributed by atoms with van der Waals surface area (Å²) in [5, 5.41) is 26.4. The second-order valence-electron chi connectivity index (χ2n) is 3.73. The van der Waals surface area contributed by atoms with Crippen LogP contribution in [0, 0.1) is 0 Å². The van der Waals surface area contributed by atoms with Gasteiger partial charge in [0.15, 0.2) is 0 Å². The lowest BCUT2D eigenvalue weighted by Gasteiger charge is -2.11. The highest BCUT2D eigenvalue weighted by Gasteiger charge is 2.12. The number of carbonyl (C=O) groups is 2. The molecule has 0 saturated heterocycles. The van der Waals surface area contributed by atoms with E-state index in [4.69, 9.17) is 10.2 Å². The number of esters is 1. The fraction of sp³-hybridized carbons (Fsp3) is 0.500. The smallest absolute Gasteiger partial charge is 0.336 e. The number of aliphatic hydroxyl groups excluding tert-OH is 2. The first kappa shape index (κ1) is 16.3. The van der Waals surface area contributed by atoms with Crippen LogP contribution in [0.5, 0.6) is 0 Å². The third kappa shape index (κ3) is 6.82. The number of hydrogen-bond donors (Lipinski definition) is 3. The maximum Gasteiger partial charge on any atom is 0.336 e. The lowest BCUT2D eigenvalue weighted by molar-refractivity contribution is -0.164. The van der Waals surface area contributed by atoms with Crippen molar-refractivity contribution in [2.75, 3.05) is 6.61 Å². The molecule has 0 saturated carbocycles. The number of carbonyl (C=O) groups excluding carboxylic acids is 1. The maximum atomic E-state index is 11.4. The predicted molar refractivity (Wildman–Crippen MR) is 63.6 cm³/mol. The van der Waals surface area contributed by atoms with E-state index >= 15 is 0 Å². The van der Waals surface area contributed by atoms with Crippen molar-refractivity contribution >= 4 is 11.9 Å². The Morgan fingerprint density at radius 3 is 2.28 bits per heavy atom. The maximum absolute atomic E-state index is 11.4. The fourth-order valence-electron chi connectivity index (χ4n) is 0.931. The van der Waals surface area contributed by atoms with Crippen molar-refractivity contribution in [1.29, 1.82) is 0 Å². The van der Waals surface area contributed by atoms with E-state index in [9.17, 15) is 14.7 Å². The number of ether oxygens (including phenoxy) is 1. The minimum absolute atomic E-state index is 0.0861. The highest BCUT2D eigenvalue weighted by molar-refractivity contribution is 5.89. The lowest BCUT2D eigenvalue weighted by atomic mass is 10.2. The molecule has 3 N–H and O–H groups in total. The molecule has 1 atom stereocenters. The molecule has 0 bridgehead atoms. The van der Waals surface area contributed by atoms with Crippen molar-refractivity contribution in [1.82, 2.24) is 0 Å². The minimum Gasteiger partial charge on any atom is -0.478 e. The molecule has 0 fully saturated rings. The predicted octanol–water partition coefficient (Wildman–Crippen LogP) is 0.598. The molecule has 1 unspecified atom stereocenters.